The van der Waals surface area contributed by atoms with Crippen molar-refractivity contribution in [3.8, 4) is 10.6 Å². The standard InChI is InChI=1S/C22H14Cl2N2OS/c23-16-13-17(24)19(25-21(27)11-10-14-6-2-1-3-7-14)12-15(16)22-26-18-8-4-5-9-20(18)28-22/h1-13H,(H,25,27). The average molecular weight is 425 g/mol. The molecule has 1 N–H and O–H groups in total. The number of thiazole rings is 1. The first-order valence-corrected chi connectivity index (χ1v) is 10.1. The molecule has 6 heteroatoms. The summed E-state index contributed by atoms with van der Waals surface area (Å²) in [6.07, 6.45) is 3.21. The molecule has 4 rings (SSSR count). The van der Waals surface area contributed by atoms with Gasteiger partial charge in [0.15, 0.2) is 0 Å². The molecule has 0 aliphatic carbocycles. The Kier molecular flexibility index (Phi) is 5.44. The van der Waals surface area contributed by atoms with Gasteiger partial charge in [-0.2, -0.15) is 0 Å². The summed E-state index contributed by atoms with van der Waals surface area (Å²) in [7, 11) is 0. The number of para-hydroxylation sites is 1. The maximum absolute atomic E-state index is 12.3. The number of aromatic nitrogens is 1. The van der Waals surface area contributed by atoms with E-state index in [1.165, 1.54) is 6.08 Å². The van der Waals surface area contributed by atoms with Crippen LogP contribution in [0.2, 0.25) is 10.0 Å². The number of anilines is 1. The molecule has 0 saturated heterocycles. The summed E-state index contributed by atoms with van der Waals surface area (Å²) in [4.78, 5) is 16.9. The van der Waals surface area contributed by atoms with Crippen molar-refractivity contribution >= 4 is 62.4 Å². The minimum absolute atomic E-state index is 0.275. The Morgan fingerprint density at radius 3 is 2.50 bits per heavy atom. The fourth-order valence-corrected chi connectivity index (χ4v) is 4.28. The van der Waals surface area contributed by atoms with E-state index in [0.717, 1.165) is 26.4 Å². The number of hydrogen-bond acceptors (Lipinski definition) is 3. The van der Waals surface area contributed by atoms with Crippen LogP contribution in [0.3, 0.4) is 0 Å². The lowest BCUT2D eigenvalue weighted by Crippen LogP contribution is -2.08. The zero-order valence-corrected chi connectivity index (χ0v) is 16.9. The normalized spacial score (nSPS) is 11.2. The lowest BCUT2D eigenvalue weighted by molar-refractivity contribution is -0.111. The van der Waals surface area contributed by atoms with Gasteiger partial charge in [-0.1, -0.05) is 65.7 Å². The molecule has 4 aromatic rings. The van der Waals surface area contributed by atoms with Crippen LogP contribution in [0.25, 0.3) is 26.9 Å². The molecule has 1 aromatic heterocycles. The highest BCUT2D eigenvalue weighted by Crippen LogP contribution is 2.38. The number of hydrogen-bond donors (Lipinski definition) is 1. The van der Waals surface area contributed by atoms with Gasteiger partial charge in [-0.05, 0) is 35.9 Å². The first-order valence-electron chi connectivity index (χ1n) is 8.49. The maximum Gasteiger partial charge on any atom is 0.248 e. The van der Waals surface area contributed by atoms with Gasteiger partial charge in [0.2, 0.25) is 5.91 Å². The molecular formula is C22H14Cl2N2OS. The van der Waals surface area contributed by atoms with Crippen molar-refractivity contribution in [3.05, 3.63) is 88.4 Å². The Balaban J connectivity index is 1.62. The molecule has 0 atom stereocenters. The Morgan fingerprint density at radius 1 is 0.964 bits per heavy atom. The molecule has 28 heavy (non-hydrogen) atoms. The summed E-state index contributed by atoms with van der Waals surface area (Å²) in [6, 6.07) is 20.9. The number of nitrogens with zero attached hydrogens (tertiary/aromatic N) is 1. The van der Waals surface area contributed by atoms with Gasteiger partial charge in [0.1, 0.15) is 5.01 Å². The molecule has 1 amide bonds. The highest BCUT2D eigenvalue weighted by atomic mass is 35.5. The lowest BCUT2D eigenvalue weighted by atomic mass is 10.2. The molecule has 0 bridgehead atoms. The van der Waals surface area contributed by atoms with Crippen molar-refractivity contribution in [3.63, 3.8) is 0 Å². The zero-order chi connectivity index (χ0) is 19.5. The fraction of sp³-hybridized carbons (Fsp3) is 0. The number of fused-ring (bicyclic) bond motifs is 1. The molecule has 0 spiro atoms. The third-order valence-corrected chi connectivity index (χ3v) is 5.76. The molecule has 0 aliphatic rings. The Bertz CT molecular complexity index is 1150. The number of halogens is 2. The second-order valence-electron chi connectivity index (χ2n) is 6.03. The topological polar surface area (TPSA) is 42.0 Å². The predicted octanol–water partition coefficient (Wildman–Crippen LogP) is 6.92. The third kappa shape index (κ3) is 4.09. The Hall–Kier alpha value is -2.66. The fourth-order valence-electron chi connectivity index (χ4n) is 2.71. The number of nitrogens with one attached hydrogen (secondary N) is 1. The van der Waals surface area contributed by atoms with Gasteiger partial charge in [-0.25, -0.2) is 4.98 Å². The zero-order valence-electron chi connectivity index (χ0n) is 14.5. The van der Waals surface area contributed by atoms with Crippen LogP contribution in [0.4, 0.5) is 5.69 Å². The number of carbonyl (C=O) groups excluding carboxylic acids is 1. The molecule has 138 valence electrons. The highest BCUT2D eigenvalue weighted by Gasteiger charge is 2.14. The predicted molar refractivity (Wildman–Crippen MR) is 119 cm³/mol. The number of carbonyl (C=O) groups is 1. The highest BCUT2D eigenvalue weighted by molar-refractivity contribution is 7.21. The second-order valence-corrected chi connectivity index (χ2v) is 7.88. The number of benzene rings is 3. The number of amides is 1. The first kappa shape index (κ1) is 18.7. The van der Waals surface area contributed by atoms with Gasteiger partial charge >= 0.3 is 0 Å². The van der Waals surface area contributed by atoms with Crippen LogP contribution >= 0.6 is 34.5 Å². The van der Waals surface area contributed by atoms with E-state index in [0.29, 0.717) is 15.7 Å². The summed E-state index contributed by atoms with van der Waals surface area (Å²) in [6.45, 7) is 0. The van der Waals surface area contributed by atoms with Gasteiger partial charge < -0.3 is 5.32 Å². The molecule has 0 saturated carbocycles. The summed E-state index contributed by atoms with van der Waals surface area (Å²) in [5, 5.41) is 4.45. The molecule has 0 fully saturated rings. The van der Waals surface area contributed by atoms with Gasteiger partial charge in [0.05, 0.1) is 25.9 Å². The van der Waals surface area contributed by atoms with Crippen molar-refractivity contribution in [2.45, 2.75) is 0 Å². The summed E-state index contributed by atoms with van der Waals surface area (Å²) in [5.41, 5.74) is 3.07. The van der Waals surface area contributed by atoms with E-state index in [1.807, 2.05) is 54.6 Å². The monoisotopic (exact) mass is 424 g/mol. The largest absolute Gasteiger partial charge is 0.321 e. The smallest absolute Gasteiger partial charge is 0.248 e. The molecule has 0 unspecified atom stereocenters. The van der Waals surface area contributed by atoms with E-state index in [9.17, 15) is 4.79 Å². The van der Waals surface area contributed by atoms with E-state index >= 15 is 0 Å². The summed E-state index contributed by atoms with van der Waals surface area (Å²) >= 11 is 14.2. The van der Waals surface area contributed by atoms with E-state index in [2.05, 4.69) is 10.3 Å². The van der Waals surface area contributed by atoms with Crippen molar-refractivity contribution in [2.24, 2.45) is 0 Å². The molecule has 0 radical (unpaired) electrons. The molecular weight excluding hydrogens is 411 g/mol. The van der Waals surface area contributed by atoms with Crippen LogP contribution in [0.15, 0.2) is 72.8 Å². The quantitative estimate of drug-likeness (QED) is 0.361. The van der Waals surface area contributed by atoms with Gasteiger partial charge in [0.25, 0.3) is 0 Å². The molecule has 3 nitrogen and oxygen atoms in total. The van der Waals surface area contributed by atoms with Crippen molar-refractivity contribution in [1.82, 2.24) is 4.98 Å². The van der Waals surface area contributed by atoms with Crippen LogP contribution in [0.1, 0.15) is 5.56 Å². The van der Waals surface area contributed by atoms with E-state index < -0.39 is 0 Å². The second kappa shape index (κ2) is 8.15. The Labute approximate surface area is 176 Å². The number of rotatable bonds is 4. The van der Waals surface area contributed by atoms with Crippen molar-refractivity contribution < 1.29 is 4.79 Å². The average Bonchev–Trinajstić information content (AvgIpc) is 3.13. The van der Waals surface area contributed by atoms with E-state index in [1.54, 1.807) is 29.5 Å². The van der Waals surface area contributed by atoms with Gasteiger partial charge in [-0.15, -0.1) is 11.3 Å². The summed E-state index contributed by atoms with van der Waals surface area (Å²) < 4.78 is 1.07. The first-order chi connectivity index (χ1) is 13.6. The van der Waals surface area contributed by atoms with Crippen LogP contribution in [-0.4, -0.2) is 10.9 Å². The molecule has 1 heterocycles. The van der Waals surface area contributed by atoms with E-state index in [-0.39, 0.29) is 5.91 Å². The third-order valence-electron chi connectivity index (χ3n) is 4.07. The van der Waals surface area contributed by atoms with Gasteiger partial charge in [-0.3, -0.25) is 4.79 Å². The maximum atomic E-state index is 12.3. The molecule has 0 aliphatic heterocycles. The lowest BCUT2D eigenvalue weighted by Gasteiger charge is -2.09. The summed E-state index contributed by atoms with van der Waals surface area (Å²) in [5.74, 6) is -0.275. The van der Waals surface area contributed by atoms with Crippen LogP contribution in [0.5, 0.6) is 0 Å². The van der Waals surface area contributed by atoms with Crippen LogP contribution < -0.4 is 5.32 Å². The SMILES string of the molecule is O=C(C=Cc1ccccc1)Nc1cc(-c2nc3ccccc3s2)c(Cl)cc1Cl. The van der Waals surface area contributed by atoms with Crippen molar-refractivity contribution in [2.75, 3.05) is 5.32 Å². The van der Waals surface area contributed by atoms with Gasteiger partial charge in [0, 0.05) is 11.6 Å². The van der Waals surface area contributed by atoms with E-state index in [4.69, 9.17) is 23.2 Å². The Morgan fingerprint density at radius 2 is 1.71 bits per heavy atom. The van der Waals surface area contributed by atoms with Crippen LogP contribution in [0, 0.1) is 0 Å². The minimum atomic E-state index is -0.275. The van der Waals surface area contributed by atoms with Crippen molar-refractivity contribution in [1.29, 1.82) is 0 Å². The molecule has 3 aromatic carbocycles. The minimum Gasteiger partial charge on any atom is -0.321 e. The van der Waals surface area contributed by atoms with Crippen LogP contribution in [-0.2, 0) is 4.79 Å².